The number of rotatable bonds is 7. The van der Waals surface area contributed by atoms with Crippen molar-refractivity contribution in [2.24, 2.45) is 0 Å². The highest BCUT2D eigenvalue weighted by atomic mass is 35.5. The van der Waals surface area contributed by atoms with Gasteiger partial charge in [0.15, 0.2) is 5.58 Å². The molecule has 0 bridgehead atoms. The number of carbonyl (C=O) groups excluding carboxylic acids is 1. The summed E-state index contributed by atoms with van der Waals surface area (Å²) in [6.45, 7) is 5.41. The minimum Gasteiger partial charge on any atom is -0.408 e. The van der Waals surface area contributed by atoms with Crippen LogP contribution in [0.3, 0.4) is 0 Å². The largest absolute Gasteiger partial charge is 0.419 e. The van der Waals surface area contributed by atoms with Crippen molar-refractivity contribution in [3.8, 4) is 0 Å². The molecule has 0 atom stereocenters. The average molecular weight is 468 g/mol. The molecule has 0 aliphatic heterocycles. The highest BCUT2D eigenvalue weighted by Crippen LogP contribution is 2.24. The van der Waals surface area contributed by atoms with E-state index in [2.05, 4.69) is 10.4 Å². The van der Waals surface area contributed by atoms with Crippen molar-refractivity contribution in [1.29, 1.82) is 0 Å². The van der Waals surface area contributed by atoms with E-state index in [0.29, 0.717) is 47.7 Å². The number of benzene rings is 2. The van der Waals surface area contributed by atoms with Crippen LogP contribution in [0.4, 0.5) is 5.69 Å². The lowest BCUT2D eigenvalue weighted by atomic mass is 10.1. The molecular formula is C24H26ClN5O3. The van der Waals surface area contributed by atoms with Crippen LogP contribution in [0.2, 0.25) is 5.15 Å². The zero-order valence-electron chi connectivity index (χ0n) is 19.1. The average Bonchev–Trinajstić information content (AvgIpc) is 3.22. The number of anilines is 1. The van der Waals surface area contributed by atoms with E-state index >= 15 is 0 Å². The quantitative estimate of drug-likeness (QED) is 0.445. The predicted molar refractivity (Wildman–Crippen MR) is 129 cm³/mol. The number of halogens is 1. The summed E-state index contributed by atoms with van der Waals surface area (Å²) in [5.74, 6) is -0.788. The van der Waals surface area contributed by atoms with E-state index in [1.54, 1.807) is 34.4 Å². The lowest BCUT2D eigenvalue weighted by molar-refractivity contribution is 0.102. The van der Waals surface area contributed by atoms with Crippen molar-refractivity contribution >= 4 is 34.3 Å². The number of likely N-dealkylation sites (N-methyl/N-ethyl adjacent to an activating group) is 1. The van der Waals surface area contributed by atoms with Crippen LogP contribution in [0.1, 0.15) is 27.2 Å². The van der Waals surface area contributed by atoms with Gasteiger partial charge >= 0.3 is 5.76 Å². The number of hydrogen-bond acceptors (Lipinski definition) is 5. The number of aromatic nitrogens is 3. The first-order valence-electron chi connectivity index (χ1n) is 10.6. The number of carbonyl (C=O) groups is 1. The Morgan fingerprint density at radius 3 is 2.58 bits per heavy atom. The van der Waals surface area contributed by atoms with Crippen LogP contribution >= 0.6 is 11.6 Å². The Morgan fingerprint density at radius 1 is 1.15 bits per heavy atom. The van der Waals surface area contributed by atoms with Crippen molar-refractivity contribution in [3.05, 3.63) is 80.6 Å². The second kappa shape index (κ2) is 9.25. The molecule has 1 amide bonds. The second-order valence-electron chi connectivity index (χ2n) is 8.35. The van der Waals surface area contributed by atoms with E-state index in [9.17, 15) is 9.59 Å². The zero-order chi connectivity index (χ0) is 23.7. The van der Waals surface area contributed by atoms with Gasteiger partial charge in [0.2, 0.25) is 0 Å². The van der Waals surface area contributed by atoms with Gasteiger partial charge < -0.3 is 14.6 Å². The molecule has 2 aromatic carbocycles. The van der Waals surface area contributed by atoms with Crippen LogP contribution in [0, 0.1) is 13.8 Å². The van der Waals surface area contributed by atoms with Crippen molar-refractivity contribution in [2.45, 2.75) is 26.9 Å². The van der Waals surface area contributed by atoms with Crippen molar-refractivity contribution < 1.29 is 9.21 Å². The van der Waals surface area contributed by atoms with Crippen LogP contribution < -0.4 is 11.1 Å². The van der Waals surface area contributed by atoms with E-state index in [-0.39, 0.29) is 11.1 Å². The van der Waals surface area contributed by atoms with E-state index in [1.807, 2.05) is 50.2 Å². The third-order valence-electron chi connectivity index (χ3n) is 5.44. The molecule has 0 saturated heterocycles. The van der Waals surface area contributed by atoms with Gasteiger partial charge in [-0.3, -0.25) is 9.36 Å². The molecule has 0 aliphatic rings. The molecular weight excluding hydrogens is 442 g/mol. The number of hydrogen-bond donors (Lipinski definition) is 1. The SMILES string of the molecule is Cc1ccc(Cn2nc(C)c(C(=O)Nc3ccc4oc(=O)n(CCN(C)C)c4c3)c2Cl)cc1. The lowest BCUT2D eigenvalue weighted by Crippen LogP contribution is -2.23. The fourth-order valence-corrected chi connectivity index (χ4v) is 3.95. The highest BCUT2D eigenvalue weighted by Gasteiger charge is 2.21. The summed E-state index contributed by atoms with van der Waals surface area (Å²) in [4.78, 5) is 27.3. The van der Waals surface area contributed by atoms with Crippen molar-refractivity contribution in [3.63, 3.8) is 0 Å². The van der Waals surface area contributed by atoms with E-state index in [4.69, 9.17) is 16.0 Å². The Kier molecular flexibility index (Phi) is 6.40. The maximum atomic E-state index is 13.1. The van der Waals surface area contributed by atoms with Crippen molar-refractivity contribution in [2.75, 3.05) is 26.0 Å². The lowest BCUT2D eigenvalue weighted by Gasteiger charge is -2.10. The number of aryl methyl sites for hydroxylation is 2. The molecule has 0 unspecified atom stereocenters. The van der Waals surface area contributed by atoms with Crippen LogP contribution in [-0.4, -0.2) is 45.8 Å². The van der Waals surface area contributed by atoms with Gasteiger partial charge in [-0.15, -0.1) is 0 Å². The Balaban J connectivity index is 1.58. The number of nitrogens with one attached hydrogen (secondary N) is 1. The summed E-state index contributed by atoms with van der Waals surface area (Å²) < 4.78 is 8.50. The minimum absolute atomic E-state index is 0.276. The normalized spacial score (nSPS) is 11.5. The molecule has 4 aromatic rings. The summed E-state index contributed by atoms with van der Waals surface area (Å²) >= 11 is 6.54. The number of oxazole rings is 1. The molecule has 0 spiro atoms. The molecule has 172 valence electrons. The van der Waals surface area contributed by atoms with Crippen molar-refractivity contribution in [1.82, 2.24) is 19.2 Å². The molecule has 0 saturated carbocycles. The van der Waals surface area contributed by atoms with Gasteiger partial charge in [-0.25, -0.2) is 9.48 Å². The maximum Gasteiger partial charge on any atom is 0.419 e. The van der Waals surface area contributed by atoms with Gasteiger partial charge in [-0.05, 0) is 51.7 Å². The second-order valence-corrected chi connectivity index (χ2v) is 8.71. The molecule has 2 heterocycles. The summed E-state index contributed by atoms with van der Waals surface area (Å²) in [6, 6.07) is 13.2. The summed E-state index contributed by atoms with van der Waals surface area (Å²) in [5, 5.41) is 7.61. The molecule has 4 rings (SSSR count). The third-order valence-corrected chi connectivity index (χ3v) is 5.83. The standard InChI is InChI=1S/C24H26ClN5O3/c1-15-5-7-17(8-6-15)14-30-22(25)21(16(2)27-30)23(31)26-18-9-10-20-19(13-18)29(24(32)33-20)12-11-28(3)4/h5-10,13H,11-12,14H2,1-4H3,(H,26,31). The molecule has 0 aliphatic carbocycles. The fourth-order valence-electron chi connectivity index (χ4n) is 3.63. The molecule has 0 fully saturated rings. The van der Waals surface area contributed by atoms with Crippen LogP contribution in [0.5, 0.6) is 0 Å². The zero-order valence-corrected chi connectivity index (χ0v) is 19.8. The van der Waals surface area contributed by atoms with Crippen LogP contribution in [-0.2, 0) is 13.1 Å². The monoisotopic (exact) mass is 467 g/mol. The Labute approximate surface area is 196 Å². The Bertz CT molecular complexity index is 1370. The highest BCUT2D eigenvalue weighted by molar-refractivity contribution is 6.33. The third kappa shape index (κ3) is 4.86. The minimum atomic E-state index is -0.424. The van der Waals surface area contributed by atoms with Gasteiger partial charge in [0.1, 0.15) is 5.15 Å². The van der Waals surface area contributed by atoms with E-state index in [1.165, 1.54) is 5.56 Å². The molecule has 1 N–H and O–H groups in total. The predicted octanol–water partition coefficient (Wildman–Crippen LogP) is 3.92. The number of fused-ring (bicyclic) bond motifs is 1. The number of nitrogens with zero attached hydrogens (tertiary/aromatic N) is 4. The van der Waals surface area contributed by atoms with E-state index in [0.717, 1.165) is 5.56 Å². The molecule has 33 heavy (non-hydrogen) atoms. The van der Waals surface area contributed by atoms with Gasteiger partial charge in [0.05, 0.1) is 23.3 Å². The summed E-state index contributed by atoms with van der Waals surface area (Å²) in [7, 11) is 3.87. The first-order valence-corrected chi connectivity index (χ1v) is 11.0. The maximum absolute atomic E-state index is 13.1. The molecule has 0 radical (unpaired) electrons. The first-order chi connectivity index (χ1) is 15.7. The van der Waals surface area contributed by atoms with Gasteiger partial charge in [-0.2, -0.15) is 5.10 Å². The Morgan fingerprint density at radius 2 is 1.88 bits per heavy atom. The van der Waals surface area contributed by atoms with Gasteiger partial charge in [0, 0.05) is 18.8 Å². The first kappa shape index (κ1) is 22.8. The fraction of sp³-hybridized carbons (Fsp3) is 0.292. The van der Waals surface area contributed by atoms with Crippen LogP contribution in [0.15, 0.2) is 51.7 Å². The summed E-state index contributed by atoms with van der Waals surface area (Å²) in [5.41, 5.74) is 4.70. The topological polar surface area (TPSA) is 85.3 Å². The smallest absolute Gasteiger partial charge is 0.408 e. The molecule has 8 nitrogen and oxygen atoms in total. The summed E-state index contributed by atoms with van der Waals surface area (Å²) in [6.07, 6.45) is 0. The molecule has 9 heteroatoms. The Hall–Kier alpha value is -3.36. The van der Waals surface area contributed by atoms with Crippen LogP contribution in [0.25, 0.3) is 11.1 Å². The van der Waals surface area contributed by atoms with Gasteiger partial charge in [-0.1, -0.05) is 41.4 Å². The molecule has 2 aromatic heterocycles. The van der Waals surface area contributed by atoms with Gasteiger partial charge in [0.25, 0.3) is 5.91 Å². The number of amides is 1. The van der Waals surface area contributed by atoms with E-state index < -0.39 is 5.76 Å².